The van der Waals surface area contributed by atoms with Crippen LogP contribution in [0, 0.1) is 0 Å². The van der Waals surface area contributed by atoms with Crippen molar-refractivity contribution in [2.75, 3.05) is 26.7 Å². The van der Waals surface area contributed by atoms with E-state index in [4.69, 9.17) is 16.7 Å². The molecule has 0 bridgehead atoms. The van der Waals surface area contributed by atoms with E-state index in [0.717, 1.165) is 31.0 Å². The highest BCUT2D eigenvalue weighted by molar-refractivity contribution is 6.31. The van der Waals surface area contributed by atoms with Crippen LogP contribution >= 0.6 is 11.6 Å². The lowest BCUT2D eigenvalue weighted by Crippen LogP contribution is -2.41. The molecule has 1 aliphatic rings. The number of hydrogen-bond acceptors (Lipinski definition) is 2. The van der Waals surface area contributed by atoms with Crippen molar-refractivity contribution in [1.82, 2.24) is 4.90 Å². The molecule has 16 heavy (non-hydrogen) atoms. The second-order valence-electron chi connectivity index (χ2n) is 4.60. The van der Waals surface area contributed by atoms with Gasteiger partial charge in [-0.1, -0.05) is 23.7 Å². The van der Waals surface area contributed by atoms with Crippen LogP contribution in [0.5, 0.6) is 0 Å². The Kier molecular flexibility index (Phi) is 3.85. The van der Waals surface area contributed by atoms with Gasteiger partial charge in [0.15, 0.2) is 0 Å². The normalized spacial score (nSPS) is 17.4. The zero-order valence-corrected chi connectivity index (χ0v) is 10.4. The minimum atomic E-state index is 0.243. The van der Waals surface area contributed by atoms with E-state index in [1.165, 1.54) is 11.1 Å². The average Bonchev–Trinajstić information content (AvgIpc) is 2.23. The number of halogens is 1. The Hall–Kier alpha value is -0.570. The number of aliphatic hydroxyl groups excluding tert-OH is 1. The van der Waals surface area contributed by atoms with Crippen LogP contribution in [0.4, 0.5) is 0 Å². The molecule has 0 aliphatic carbocycles. The summed E-state index contributed by atoms with van der Waals surface area (Å²) in [6.07, 6.45) is 1.71. The SMILES string of the molecule is CN1CC(c2ccc(CCCO)cc2Cl)C1. The molecule has 1 aromatic carbocycles. The van der Waals surface area contributed by atoms with Crippen LogP contribution in [0.15, 0.2) is 18.2 Å². The summed E-state index contributed by atoms with van der Waals surface area (Å²) in [6, 6.07) is 6.33. The number of aryl methyl sites for hydroxylation is 1. The summed E-state index contributed by atoms with van der Waals surface area (Å²) in [4.78, 5) is 2.29. The third-order valence-corrected chi connectivity index (χ3v) is 3.52. The minimum absolute atomic E-state index is 0.243. The predicted octanol–water partition coefficient (Wildman–Crippen LogP) is 2.29. The smallest absolute Gasteiger partial charge is 0.0444 e. The second kappa shape index (κ2) is 5.17. The molecule has 0 radical (unpaired) electrons. The fourth-order valence-corrected chi connectivity index (χ4v) is 2.59. The van der Waals surface area contributed by atoms with Gasteiger partial charge in [-0.05, 0) is 37.1 Å². The zero-order chi connectivity index (χ0) is 11.5. The molecule has 0 amide bonds. The van der Waals surface area contributed by atoms with E-state index in [1.807, 2.05) is 6.07 Å². The molecule has 1 saturated heterocycles. The molecule has 88 valence electrons. The Morgan fingerprint density at radius 1 is 1.44 bits per heavy atom. The monoisotopic (exact) mass is 239 g/mol. The molecular formula is C13H18ClNO. The highest BCUT2D eigenvalue weighted by Gasteiger charge is 2.26. The summed E-state index contributed by atoms with van der Waals surface area (Å²) in [5, 5.41) is 9.66. The molecule has 1 fully saturated rings. The molecular weight excluding hydrogens is 222 g/mol. The summed E-state index contributed by atoms with van der Waals surface area (Å²) in [5.41, 5.74) is 2.49. The van der Waals surface area contributed by atoms with Crippen molar-refractivity contribution in [2.24, 2.45) is 0 Å². The molecule has 2 nitrogen and oxygen atoms in total. The van der Waals surface area contributed by atoms with Gasteiger partial charge in [0.1, 0.15) is 0 Å². The first-order valence-corrected chi connectivity index (χ1v) is 6.16. The maximum Gasteiger partial charge on any atom is 0.0444 e. The van der Waals surface area contributed by atoms with Crippen molar-refractivity contribution in [2.45, 2.75) is 18.8 Å². The third-order valence-electron chi connectivity index (χ3n) is 3.19. The van der Waals surface area contributed by atoms with Gasteiger partial charge >= 0.3 is 0 Å². The van der Waals surface area contributed by atoms with Gasteiger partial charge in [-0.15, -0.1) is 0 Å². The van der Waals surface area contributed by atoms with Gasteiger partial charge in [0, 0.05) is 30.6 Å². The molecule has 0 spiro atoms. The Morgan fingerprint density at radius 3 is 2.75 bits per heavy atom. The summed E-state index contributed by atoms with van der Waals surface area (Å²) in [6.45, 7) is 2.46. The molecule has 2 rings (SSSR count). The summed E-state index contributed by atoms with van der Waals surface area (Å²) in [7, 11) is 2.13. The number of rotatable bonds is 4. The lowest BCUT2D eigenvalue weighted by Gasteiger charge is -2.37. The highest BCUT2D eigenvalue weighted by atomic mass is 35.5. The van der Waals surface area contributed by atoms with Crippen LogP contribution in [-0.2, 0) is 6.42 Å². The first-order chi connectivity index (χ1) is 7.70. The van der Waals surface area contributed by atoms with Gasteiger partial charge in [-0.3, -0.25) is 0 Å². The van der Waals surface area contributed by atoms with E-state index in [2.05, 4.69) is 24.1 Å². The predicted molar refractivity (Wildman–Crippen MR) is 67.1 cm³/mol. The van der Waals surface area contributed by atoms with Gasteiger partial charge in [0.2, 0.25) is 0 Å². The van der Waals surface area contributed by atoms with Gasteiger partial charge in [-0.2, -0.15) is 0 Å². The van der Waals surface area contributed by atoms with Crippen LogP contribution in [0.3, 0.4) is 0 Å². The van der Waals surface area contributed by atoms with Gasteiger partial charge in [-0.25, -0.2) is 0 Å². The number of hydrogen-bond donors (Lipinski definition) is 1. The molecule has 0 unspecified atom stereocenters. The van der Waals surface area contributed by atoms with Crippen LogP contribution < -0.4 is 0 Å². The quantitative estimate of drug-likeness (QED) is 0.872. The summed E-state index contributed by atoms with van der Waals surface area (Å²) < 4.78 is 0. The number of likely N-dealkylation sites (N-methyl/N-ethyl adjacent to an activating group) is 1. The molecule has 1 N–H and O–H groups in total. The molecule has 1 aliphatic heterocycles. The molecule has 3 heteroatoms. The maximum absolute atomic E-state index is 8.78. The molecule has 1 aromatic rings. The Balaban J connectivity index is 2.05. The highest BCUT2D eigenvalue weighted by Crippen LogP contribution is 2.31. The fourth-order valence-electron chi connectivity index (χ4n) is 2.24. The molecule has 0 aromatic heterocycles. The summed E-state index contributed by atoms with van der Waals surface area (Å²) >= 11 is 6.28. The van der Waals surface area contributed by atoms with Crippen LogP contribution in [0.1, 0.15) is 23.5 Å². The van der Waals surface area contributed by atoms with Gasteiger partial charge in [0.05, 0.1) is 0 Å². The van der Waals surface area contributed by atoms with E-state index in [1.54, 1.807) is 0 Å². The van der Waals surface area contributed by atoms with Gasteiger partial charge in [0.25, 0.3) is 0 Å². The second-order valence-corrected chi connectivity index (χ2v) is 5.01. The standard InChI is InChI=1S/C13H18ClNO/c1-15-8-11(9-15)12-5-4-10(3-2-6-16)7-13(12)14/h4-5,7,11,16H,2-3,6,8-9H2,1H3. The van der Waals surface area contributed by atoms with E-state index in [0.29, 0.717) is 5.92 Å². The number of likely N-dealkylation sites (tertiary alicyclic amines) is 1. The Labute approximate surface area is 102 Å². The Bertz CT molecular complexity index is 361. The maximum atomic E-state index is 8.78. The topological polar surface area (TPSA) is 23.5 Å². The number of nitrogens with zero attached hydrogens (tertiary/aromatic N) is 1. The number of aliphatic hydroxyl groups is 1. The van der Waals surface area contributed by atoms with Crippen LogP contribution in [0.25, 0.3) is 0 Å². The number of benzene rings is 1. The minimum Gasteiger partial charge on any atom is -0.396 e. The Morgan fingerprint density at radius 2 is 2.19 bits per heavy atom. The summed E-state index contributed by atoms with van der Waals surface area (Å²) in [5.74, 6) is 0.601. The average molecular weight is 240 g/mol. The van der Waals surface area contributed by atoms with Crippen molar-refractivity contribution in [1.29, 1.82) is 0 Å². The molecule has 0 saturated carbocycles. The van der Waals surface area contributed by atoms with Crippen molar-refractivity contribution >= 4 is 11.6 Å². The largest absolute Gasteiger partial charge is 0.396 e. The van der Waals surface area contributed by atoms with Crippen LogP contribution in [0.2, 0.25) is 5.02 Å². The van der Waals surface area contributed by atoms with Crippen molar-refractivity contribution in [3.63, 3.8) is 0 Å². The molecule has 0 atom stereocenters. The van der Waals surface area contributed by atoms with Crippen LogP contribution in [-0.4, -0.2) is 36.8 Å². The van der Waals surface area contributed by atoms with E-state index < -0.39 is 0 Å². The van der Waals surface area contributed by atoms with E-state index >= 15 is 0 Å². The van der Waals surface area contributed by atoms with E-state index in [-0.39, 0.29) is 6.61 Å². The van der Waals surface area contributed by atoms with Crippen molar-refractivity contribution in [3.8, 4) is 0 Å². The lowest BCUT2D eigenvalue weighted by molar-refractivity contribution is 0.190. The first kappa shape index (κ1) is 11.9. The van der Waals surface area contributed by atoms with Crippen molar-refractivity contribution < 1.29 is 5.11 Å². The fraction of sp³-hybridized carbons (Fsp3) is 0.538. The third kappa shape index (κ3) is 2.57. The lowest BCUT2D eigenvalue weighted by atomic mass is 9.91. The van der Waals surface area contributed by atoms with Crippen molar-refractivity contribution in [3.05, 3.63) is 34.3 Å². The van der Waals surface area contributed by atoms with E-state index in [9.17, 15) is 0 Å². The first-order valence-electron chi connectivity index (χ1n) is 5.78. The zero-order valence-electron chi connectivity index (χ0n) is 9.62. The molecule has 1 heterocycles. The van der Waals surface area contributed by atoms with Gasteiger partial charge < -0.3 is 10.0 Å².